The maximum absolute atomic E-state index is 14.0. The minimum atomic E-state index is -0.392. The number of fused-ring (bicyclic) bond motifs is 1. The van der Waals surface area contributed by atoms with Gasteiger partial charge < -0.3 is 16.0 Å². The van der Waals surface area contributed by atoms with Crippen molar-refractivity contribution in [2.75, 3.05) is 11.1 Å². The number of aromatic amines is 1. The Morgan fingerprint density at radius 2 is 1.90 bits per heavy atom. The summed E-state index contributed by atoms with van der Waals surface area (Å²) in [5.41, 5.74) is 9.92. The third-order valence-electron chi connectivity index (χ3n) is 4.63. The Labute approximate surface area is 171 Å². The number of hydrogen-bond acceptors (Lipinski definition) is 4. The molecule has 5 nitrogen and oxygen atoms in total. The topological polar surface area (TPSA) is 83.8 Å². The lowest BCUT2D eigenvalue weighted by Gasteiger charge is -2.12. The zero-order valence-corrected chi connectivity index (χ0v) is 16.1. The second-order valence-electron chi connectivity index (χ2n) is 6.72. The monoisotopic (exact) mass is 408 g/mol. The minimum Gasteiger partial charge on any atom is -0.397 e. The molecule has 4 N–H and O–H groups in total. The highest BCUT2D eigenvalue weighted by molar-refractivity contribution is 6.30. The van der Waals surface area contributed by atoms with Crippen LogP contribution in [0.1, 0.15) is 16.8 Å². The van der Waals surface area contributed by atoms with Crippen LogP contribution in [-0.4, -0.2) is 9.97 Å². The van der Waals surface area contributed by atoms with Crippen molar-refractivity contribution in [2.45, 2.75) is 13.0 Å². The van der Waals surface area contributed by atoms with Crippen LogP contribution in [0.4, 0.5) is 15.8 Å². The Balaban J connectivity index is 1.64. The molecule has 0 radical (unpaired) electrons. The van der Waals surface area contributed by atoms with Crippen molar-refractivity contribution in [2.24, 2.45) is 0 Å². The van der Waals surface area contributed by atoms with Crippen LogP contribution in [0.15, 0.2) is 65.5 Å². The predicted octanol–water partition coefficient (Wildman–Crippen LogP) is 4.50. The van der Waals surface area contributed by atoms with Gasteiger partial charge in [0.1, 0.15) is 11.5 Å². The fraction of sp³-hybridized carbons (Fsp3) is 0.0909. The van der Waals surface area contributed by atoms with E-state index in [1.54, 1.807) is 24.3 Å². The van der Waals surface area contributed by atoms with E-state index in [1.165, 1.54) is 6.07 Å². The summed E-state index contributed by atoms with van der Waals surface area (Å²) in [6.45, 7) is 0.235. The van der Waals surface area contributed by atoms with Crippen LogP contribution in [0.25, 0.3) is 11.0 Å². The highest BCUT2D eigenvalue weighted by Gasteiger charge is 2.10. The molecule has 0 aliphatic heterocycles. The maximum atomic E-state index is 14.0. The van der Waals surface area contributed by atoms with Gasteiger partial charge in [0.15, 0.2) is 0 Å². The van der Waals surface area contributed by atoms with E-state index >= 15 is 0 Å². The summed E-state index contributed by atoms with van der Waals surface area (Å²) in [6, 6.07) is 17.6. The zero-order valence-electron chi connectivity index (χ0n) is 15.4. The van der Waals surface area contributed by atoms with Crippen molar-refractivity contribution in [1.29, 1.82) is 0 Å². The van der Waals surface area contributed by atoms with Crippen LogP contribution in [0.2, 0.25) is 5.02 Å². The summed E-state index contributed by atoms with van der Waals surface area (Å²) in [5.74, 6) is -0.392. The van der Waals surface area contributed by atoms with Gasteiger partial charge >= 0.3 is 0 Å². The lowest BCUT2D eigenvalue weighted by atomic mass is 10.1. The van der Waals surface area contributed by atoms with E-state index in [2.05, 4.69) is 15.3 Å². The largest absolute Gasteiger partial charge is 0.397 e. The van der Waals surface area contributed by atoms with Crippen LogP contribution < -0.4 is 16.6 Å². The van der Waals surface area contributed by atoms with E-state index in [0.29, 0.717) is 45.1 Å². The molecule has 7 heteroatoms. The third kappa shape index (κ3) is 4.22. The smallest absolute Gasteiger partial charge is 0.270 e. The van der Waals surface area contributed by atoms with Crippen molar-refractivity contribution in [3.8, 4) is 0 Å². The first-order valence-corrected chi connectivity index (χ1v) is 9.41. The molecule has 0 atom stereocenters. The lowest BCUT2D eigenvalue weighted by Crippen LogP contribution is -2.16. The van der Waals surface area contributed by atoms with Gasteiger partial charge in [-0.25, -0.2) is 9.37 Å². The van der Waals surface area contributed by atoms with Gasteiger partial charge in [0.05, 0.1) is 22.4 Å². The minimum absolute atomic E-state index is 0.235. The molecule has 1 heterocycles. The molecule has 3 aromatic carbocycles. The summed E-state index contributed by atoms with van der Waals surface area (Å²) in [7, 11) is 0. The Morgan fingerprint density at radius 3 is 2.66 bits per heavy atom. The van der Waals surface area contributed by atoms with Crippen LogP contribution in [0.3, 0.4) is 0 Å². The summed E-state index contributed by atoms with van der Waals surface area (Å²) >= 11 is 5.79. The maximum Gasteiger partial charge on any atom is 0.270 e. The zero-order chi connectivity index (χ0) is 20.4. The molecule has 0 unspecified atom stereocenters. The highest BCUT2D eigenvalue weighted by atomic mass is 35.5. The number of halogens is 2. The molecule has 0 aliphatic carbocycles. The molecule has 0 aliphatic rings. The molecule has 1 aromatic heterocycles. The molecular formula is C22H18ClFN4O. The van der Waals surface area contributed by atoms with Crippen molar-refractivity contribution < 1.29 is 4.39 Å². The first kappa shape index (κ1) is 19.0. The normalized spacial score (nSPS) is 11.0. The number of nitrogens with two attached hydrogens (primary N) is 1. The van der Waals surface area contributed by atoms with Crippen molar-refractivity contribution >= 4 is 34.0 Å². The van der Waals surface area contributed by atoms with Gasteiger partial charge in [0, 0.05) is 23.6 Å². The molecule has 0 amide bonds. The van der Waals surface area contributed by atoms with E-state index < -0.39 is 5.82 Å². The molecule has 0 bridgehead atoms. The number of nitrogens with zero attached hydrogens (tertiary/aromatic N) is 1. The third-order valence-corrected chi connectivity index (χ3v) is 4.87. The predicted molar refractivity (Wildman–Crippen MR) is 115 cm³/mol. The van der Waals surface area contributed by atoms with Crippen LogP contribution in [0.5, 0.6) is 0 Å². The Hall–Kier alpha value is -3.38. The highest BCUT2D eigenvalue weighted by Crippen LogP contribution is 2.25. The summed E-state index contributed by atoms with van der Waals surface area (Å²) in [4.78, 5) is 19.7. The molecule has 0 saturated carbocycles. The van der Waals surface area contributed by atoms with E-state index in [0.717, 1.165) is 5.56 Å². The molecule has 146 valence electrons. The van der Waals surface area contributed by atoms with Crippen molar-refractivity contribution in [1.82, 2.24) is 9.97 Å². The lowest BCUT2D eigenvalue weighted by molar-refractivity contribution is 0.613. The number of benzene rings is 3. The van der Waals surface area contributed by atoms with Gasteiger partial charge in [-0.05, 0) is 29.8 Å². The van der Waals surface area contributed by atoms with Gasteiger partial charge in [-0.3, -0.25) is 4.79 Å². The first-order chi connectivity index (χ1) is 14.0. The first-order valence-electron chi connectivity index (χ1n) is 9.04. The molecular weight excluding hydrogens is 391 g/mol. The van der Waals surface area contributed by atoms with Crippen LogP contribution >= 0.6 is 11.6 Å². The Bertz CT molecular complexity index is 1240. The van der Waals surface area contributed by atoms with Gasteiger partial charge in [-0.15, -0.1) is 0 Å². The molecule has 4 aromatic rings. The van der Waals surface area contributed by atoms with E-state index in [1.807, 2.05) is 30.3 Å². The van der Waals surface area contributed by atoms with Crippen LogP contribution in [-0.2, 0) is 13.0 Å². The van der Waals surface area contributed by atoms with Crippen molar-refractivity contribution in [3.05, 3.63) is 98.7 Å². The molecule has 0 spiro atoms. The summed E-state index contributed by atoms with van der Waals surface area (Å²) in [6.07, 6.45) is 0.426. The number of H-pyrrole nitrogens is 1. The van der Waals surface area contributed by atoms with Crippen LogP contribution in [0, 0.1) is 5.82 Å². The second kappa shape index (κ2) is 7.93. The van der Waals surface area contributed by atoms with Gasteiger partial charge in [0.25, 0.3) is 5.56 Å². The van der Waals surface area contributed by atoms with Gasteiger partial charge in [-0.2, -0.15) is 0 Å². The number of aromatic nitrogens is 2. The second-order valence-corrected chi connectivity index (χ2v) is 7.16. The number of hydrogen-bond donors (Lipinski definition) is 3. The van der Waals surface area contributed by atoms with E-state index in [4.69, 9.17) is 17.3 Å². The summed E-state index contributed by atoms with van der Waals surface area (Å²) < 4.78 is 14.0. The standard InChI is InChI=1S/C22H18ClFN4O/c23-15-7-6-14(16(24)9-15)12-26-18-11-20-19(10-17(18)25)28-22(29)21(27-20)8-13-4-2-1-3-5-13/h1-7,9-11,26H,8,12,25H2,(H,28,29). The Kier molecular flexibility index (Phi) is 5.18. The van der Waals surface area contributed by atoms with E-state index in [-0.39, 0.29) is 12.1 Å². The molecule has 4 rings (SSSR count). The molecule has 0 fully saturated rings. The fourth-order valence-corrected chi connectivity index (χ4v) is 3.26. The average molecular weight is 409 g/mol. The number of nitrogen functional groups attached to an aromatic ring is 1. The van der Waals surface area contributed by atoms with E-state index in [9.17, 15) is 9.18 Å². The van der Waals surface area contributed by atoms with Gasteiger partial charge in [0.2, 0.25) is 0 Å². The number of rotatable bonds is 5. The fourth-order valence-electron chi connectivity index (χ4n) is 3.11. The molecule has 0 saturated heterocycles. The van der Waals surface area contributed by atoms with Gasteiger partial charge in [-0.1, -0.05) is 48.0 Å². The SMILES string of the molecule is Nc1cc2[nH]c(=O)c(Cc3ccccc3)nc2cc1NCc1ccc(Cl)cc1F. The average Bonchev–Trinajstić information content (AvgIpc) is 2.69. The molecule has 29 heavy (non-hydrogen) atoms. The quantitative estimate of drug-likeness (QED) is 0.424. The Morgan fingerprint density at radius 1 is 1.10 bits per heavy atom. The van der Waals surface area contributed by atoms with Crippen molar-refractivity contribution in [3.63, 3.8) is 0 Å². The number of anilines is 2. The number of nitrogens with one attached hydrogen (secondary N) is 2. The summed E-state index contributed by atoms with van der Waals surface area (Å²) in [5, 5.41) is 3.47.